The van der Waals surface area contributed by atoms with Gasteiger partial charge in [0.25, 0.3) is 5.91 Å². The maximum Gasteiger partial charge on any atom is 0.255 e. The van der Waals surface area contributed by atoms with Crippen LogP contribution in [0, 0.1) is 6.92 Å². The van der Waals surface area contributed by atoms with E-state index in [9.17, 15) is 9.59 Å². The van der Waals surface area contributed by atoms with Crippen LogP contribution in [-0.4, -0.2) is 65.2 Å². The fourth-order valence-electron chi connectivity index (χ4n) is 3.87. The second-order valence-corrected chi connectivity index (χ2v) is 7.33. The van der Waals surface area contributed by atoms with Crippen LogP contribution in [-0.2, 0) is 4.74 Å². The van der Waals surface area contributed by atoms with E-state index < -0.39 is 0 Å². The highest BCUT2D eigenvalue weighted by Crippen LogP contribution is 2.28. The lowest BCUT2D eigenvalue weighted by atomic mass is 9.94. The molecule has 2 aliphatic heterocycles. The molecule has 0 unspecified atom stereocenters. The summed E-state index contributed by atoms with van der Waals surface area (Å²) < 4.78 is 5.44. The fourth-order valence-corrected chi connectivity index (χ4v) is 3.87. The van der Waals surface area contributed by atoms with Gasteiger partial charge in [-0.15, -0.1) is 0 Å². The van der Waals surface area contributed by atoms with Gasteiger partial charge >= 0.3 is 0 Å². The van der Waals surface area contributed by atoms with Crippen LogP contribution in [0.1, 0.15) is 40.6 Å². The second kappa shape index (κ2) is 8.10. The molecule has 148 valence electrons. The number of nitrogens with zero attached hydrogens (tertiary/aromatic N) is 4. The van der Waals surface area contributed by atoms with Crippen LogP contribution in [0.15, 0.2) is 29.2 Å². The molecule has 1 N–H and O–H groups in total. The van der Waals surface area contributed by atoms with Crippen LogP contribution in [0.5, 0.6) is 0 Å². The zero-order valence-corrected chi connectivity index (χ0v) is 16.1. The summed E-state index contributed by atoms with van der Waals surface area (Å²) in [5.41, 5.74) is 1.29. The number of likely N-dealkylation sites (tertiary alicyclic amines) is 1. The number of H-pyrrole nitrogens is 1. The van der Waals surface area contributed by atoms with E-state index in [1.54, 1.807) is 6.07 Å². The van der Waals surface area contributed by atoms with Crippen LogP contribution in [0.2, 0.25) is 0 Å². The Hall–Kier alpha value is -2.74. The SMILES string of the molecule is Cc1nc([C@@H]2CCCN(C(=O)c3ccc(=O)[nH]c3)C2)cc(N2CCOCC2)n1. The van der Waals surface area contributed by atoms with Gasteiger partial charge in [-0.2, -0.15) is 0 Å². The Labute approximate surface area is 163 Å². The molecular weight excluding hydrogens is 358 g/mol. The zero-order chi connectivity index (χ0) is 19.5. The summed E-state index contributed by atoms with van der Waals surface area (Å²) >= 11 is 0. The van der Waals surface area contributed by atoms with Crippen molar-refractivity contribution in [3.63, 3.8) is 0 Å². The van der Waals surface area contributed by atoms with Gasteiger partial charge in [0.05, 0.1) is 24.5 Å². The minimum Gasteiger partial charge on any atom is -0.378 e. The molecule has 0 aliphatic carbocycles. The molecule has 28 heavy (non-hydrogen) atoms. The summed E-state index contributed by atoms with van der Waals surface area (Å²) in [6.07, 6.45) is 3.41. The molecule has 0 spiro atoms. The molecule has 4 heterocycles. The van der Waals surface area contributed by atoms with Gasteiger partial charge in [-0.05, 0) is 25.8 Å². The number of ether oxygens (including phenoxy) is 1. The number of nitrogens with one attached hydrogen (secondary N) is 1. The molecule has 4 rings (SSSR count). The summed E-state index contributed by atoms with van der Waals surface area (Å²) in [4.78, 5) is 40.0. The third-order valence-electron chi connectivity index (χ3n) is 5.34. The van der Waals surface area contributed by atoms with Crippen molar-refractivity contribution in [3.8, 4) is 0 Å². The number of morpholine rings is 1. The van der Waals surface area contributed by atoms with Gasteiger partial charge in [0, 0.05) is 50.4 Å². The molecule has 2 aliphatic rings. The number of aromatic amines is 1. The van der Waals surface area contributed by atoms with Crippen LogP contribution in [0.3, 0.4) is 0 Å². The van der Waals surface area contributed by atoms with Crippen LogP contribution < -0.4 is 10.5 Å². The van der Waals surface area contributed by atoms with E-state index in [-0.39, 0.29) is 17.4 Å². The number of hydrogen-bond donors (Lipinski definition) is 1. The standard InChI is InChI=1S/C20H25N5O3/c1-14-22-17(11-18(23-14)24-7-9-28-10-8-24)16-3-2-6-25(13-16)20(27)15-4-5-19(26)21-12-15/h4-5,11-12,16H,2-3,6-10,13H2,1H3,(H,21,26)/t16-/m1/s1. The van der Waals surface area contributed by atoms with Gasteiger partial charge < -0.3 is 19.5 Å². The van der Waals surface area contributed by atoms with Crippen molar-refractivity contribution in [3.05, 3.63) is 51.8 Å². The highest BCUT2D eigenvalue weighted by atomic mass is 16.5. The first-order valence-corrected chi connectivity index (χ1v) is 9.76. The zero-order valence-electron chi connectivity index (χ0n) is 16.1. The molecule has 8 heteroatoms. The van der Waals surface area contributed by atoms with E-state index in [0.717, 1.165) is 49.8 Å². The number of pyridine rings is 1. The summed E-state index contributed by atoms with van der Waals surface area (Å²) in [6, 6.07) is 5.03. The molecule has 1 amide bonds. The van der Waals surface area contributed by atoms with Gasteiger partial charge in [0.1, 0.15) is 11.6 Å². The lowest BCUT2D eigenvalue weighted by molar-refractivity contribution is 0.0705. The summed E-state index contributed by atoms with van der Waals surface area (Å²) in [5.74, 6) is 1.82. The minimum atomic E-state index is -0.208. The number of rotatable bonds is 3. The molecular formula is C20H25N5O3. The van der Waals surface area contributed by atoms with Gasteiger partial charge in [0.2, 0.25) is 5.56 Å². The van der Waals surface area contributed by atoms with Crippen molar-refractivity contribution in [2.75, 3.05) is 44.3 Å². The lowest BCUT2D eigenvalue weighted by Crippen LogP contribution is -2.40. The number of aromatic nitrogens is 3. The largest absolute Gasteiger partial charge is 0.378 e. The molecule has 2 aromatic rings. The average molecular weight is 383 g/mol. The number of anilines is 1. The monoisotopic (exact) mass is 383 g/mol. The van der Waals surface area contributed by atoms with Crippen LogP contribution in [0.25, 0.3) is 0 Å². The van der Waals surface area contributed by atoms with Gasteiger partial charge in [-0.3, -0.25) is 9.59 Å². The van der Waals surface area contributed by atoms with Crippen molar-refractivity contribution in [1.29, 1.82) is 0 Å². The van der Waals surface area contributed by atoms with E-state index in [0.29, 0.717) is 25.3 Å². The molecule has 2 saturated heterocycles. The Bertz CT molecular complexity index is 886. The highest BCUT2D eigenvalue weighted by Gasteiger charge is 2.27. The first-order valence-electron chi connectivity index (χ1n) is 9.76. The summed E-state index contributed by atoms with van der Waals surface area (Å²) in [7, 11) is 0. The fraction of sp³-hybridized carbons (Fsp3) is 0.500. The van der Waals surface area contributed by atoms with Crippen molar-refractivity contribution < 1.29 is 9.53 Å². The highest BCUT2D eigenvalue weighted by molar-refractivity contribution is 5.94. The van der Waals surface area contributed by atoms with E-state index in [4.69, 9.17) is 4.74 Å². The smallest absolute Gasteiger partial charge is 0.255 e. The van der Waals surface area contributed by atoms with Crippen molar-refractivity contribution in [2.24, 2.45) is 0 Å². The Balaban J connectivity index is 1.52. The van der Waals surface area contributed by atoms with E-state index in [2.05, 4.69) is 25.9 Å². The normalized spacial score (nSPS) is 20.2. The number of carbonyl (C=O) groups is 1. The number of amides is 1. The first kappa shape index (κ1) is 18.6. The number of hydrogen-bond acceptors (Lipinski definition) is 6. The van der Waals surface area contributed by atoms with Gasteiger partial charge in [0.15, 0.2) is 0 Å². The van der Waals surface area contributed by atoms with E-state index >= 15 is 0 Å². The minimum absolute atomic E-state index is 0.0554. The summed E-state index contributed by atoms with van der Waals surface area (Å²) in [6.45, 7) is 6.34. The van der Waals surface area contributed by atoms with Crippen molar-refractivity contribution in [2.45, 2.75) is 25.7 Å². The van der Waals surface area contributed by atoms with Crippen LogP contribution in [0.4, 0.5) is 5.82 Å². The Morgan fingerprint density at radius 2 is 2.04 bits per heavy atom. The maximum atomic E-state index is 12.8. The second-order valence-electron chi connectivity index (χ2n) is 7.33. The summed E-state index contributed by atoms with van der Waals surface area (Å²) in [5, 5.41) is 0. The third-order valence-corrected chi connectivity index (χ3v) is 5.34. The molecule has 0 saturated carbocycles. The molecule has 2 aromatic heterocycles. The predicted molar refractivity (Wildman–Crippen MR) is 105 cm³/mol. The Morgan fingerprint density at radius 1 is 1.21 bits per heavy atom. The predicted octanol–water partition coefficient (Wildman–Crippen LogP) is 1.33. The quantitative estimate of drug-likeness (QED) is 0.860. The molecule has 0 radical (unpaired) electrons. The first-order chi connectivity index (χ1) is 13.6. The number of aryl methyl sites for hydroxylation is 1. The topological polar surface area (TPSA) is 91.4 Å². The molecule has 0 aromatic carbocycles. The van der Waals surface area contributed by atoms with E-state index in [1.807, 2.05) is 11.8 Å². The maximum absolute atomic E-state index is 12.8. The van der Waals surface area contributed by atoms with Crippen molar-refractivity contribution >= 4 is 11.7 Å². The van der Waals surface area contributed by atoms with Gasteiger partial charge in [-0.25, -0.2) is 9.97 Å². The molecule has 8 nitrogen and oxygen atoms in total. The van der Waals surface area contributed by atoms with Crippen molar-refractivity contribution in [1.82, 2.24) is 19.9 Å². The average Bonchev–Trinajstić information content (AvgIpc) is 2.74. The van der Waals surface area contributed by atoms with Gasteiger partial charge in [-0.1, -0.05) is 0 Å². The molecule has 1 atom stereocenters. The lowest BCUT2D eigenvalue weighted by Gasteiger charge is -2.33. The number of carbonyl (C=O) groups excluding carboxylic acids is 1. The van der Waals surface area contributed by atoms with Crippen LogP contribution >= 0.6 is 0 Å². The molecule has 0 bridgehead atoms. The molecule has 2 fully saturated rings. The Kier molecular flexibility index (Phi) is 5.38. The number of piperidine rings is 1. The Morgan fingerprint density at radius 3 is 2.79 bits per heavy atom. The third kappa shape index (κ3) is 4.06. The van der Waals surface area contributed by atoms with E-state index in [1.165, 1.54) is 12.3 Å².